The second-order valence-electron chi connectivity index (χ2n) is 5.92. The molecule has 1 saturated heterocycles. The van der Waals surface area contributed by atoms with E-state index in [9.17, 15) is 9.59 Å². The van der Waals surface area contributed by atoms with Crippen LogP contribution < -0.4 is 10.6 Å². The van der Waals surface area contributed by atoms with Crippen molar-refractivity contribution in [3.63, 3.8) is 0 Å². The predicted octanol–water partition coefficient (Wildman–Crippen LogP) is 0.359. The summed E-state index contributed by atoms with van der Waals surface area (Å²) >= 11 is 0. The summed E-state index contributed by atoms with van der Waals surface area (Å²) in [7, 11) is 1.82. The van der Waals surface area contributed by atoms with Crippen LogP contribution in [-0.4, -0.2) is 49.4 Å². The number of piperidine rings is 1. The minimum atomic E-state index is -0.451. The molecule has 0 radical (unpaired) electrons. The zero-order valence-electron chi connectivity index (χ0n) is 11.9. The molecular formula is C13H25N3O2. The van der Waals surface area contributed by atoms with Gasteiger partial charge in [-0.3, -0.25) is 9.59 Å². The smallest absolute Gasteiger partial charge is 0.241 e. The fourth-order valence-corrected chi connectivity index (χ4v) is 1.94. The van der Waals surface area contributed by atoms with Crippen molar-refractivity contribution in [2.75, 3.05) is 26.7 Å². The lowest BCUT2D eigenvalue weighted by Crippen LogP contribution is -2.48. The summed E-state index contributed by atoms with van der Waals surface area (Å²) in [6.45, 7) is 7.51. The largest absolute Gasteiger partial charge is 0.347 e. The van der Waals surface area contributed by atoms with Crippen LogP contribution in [0.2, 0.25) is 0 Å². The van der Waals surface area contributed by atoms with E-state index in [1.54, 1.807) is 4.90 Å². The molecule has 0 aromatic rings. The maximum Gasteiger partial charge on any atom is 0.241 e. The van der Waals surface area contributed by atoms with Crippen LogP contribution in [0.4, 0.5) is 0 Å². The van der Waals surface area contributed by atoms with Crippen LogP contribution in [0.3, 0.4) is 0 Å². The Labute approximate surface area is 109 Å². The molecule has 0 aliphatic carbocycles. The first kappa shape index (κ1) is 15.0. The first-order chi connectivity index (χ1) is 8.32. The van der Waals surface area contributed by atoms with Gasteiger partial charge in [-0.1, -0.05) is 20.8 Å². The zero-order valence-corrected chi connectivity index (χ0v) is 11.9. The van der Waals surface area contributed by atoms with Gasteiger partial charge in [-0.25, -0.2) is 0 Å². The van der Waals surface area contributed by atoms with Crippen molar-refractivity contribution in [2.24, 2.45) is 5.41 Å². The molecule has 104 valence electrons. The van der Waals surface area contributed by atoms with Crippen LogP contribution in [0.5, 0.6) is 0 Å². The van der Waals surface area contributed by atoms with Gasteiger partial charge in [0.25, 0.3) is 0 Å². The van der Waals surface area contributed by atoms with Gasteiger partial charge in [0.1, 0.15) is 0 Å². The van der Waals surface area contributed by atoms with Crippen molar-refractivity contribution in [1.29, 1.82) is 0 Å². The highest BCUT2D eigenvalue weighted by Gasteiger charge is 2.24. The van der Waals surface area contributed by atoms with Crippen LogP contribution in [0, 0.1) is 5.41 Å². The summed E-state index contributed by atoms with van der Waals surface area (Å²) in [5.74, 6) is -0.103. The van der Waals surface area contributed by atoms with E-state index in [1.807, 2.05) is 27.8 Å². The van der Waals surface area contributed by atoms with E-state index < -0.39 is 5.41 Å². The molecule has 0 saturated carbocycles. The van der Waals surface area contributed by atoms with Crippen molar-refractivity contribution < 1.29 is 9.59 Å². The molecule has 0 aromatic carbocycles. The standard InChI is InChI=1S/C13H25N3O2/c1-13(2,3)12(18)15-9-11(17)16(4)10-5-7-14-8-6-10/h10,14H,5-9H2,1-4H3,(H,15,18). The molecule has 2 amide bonds. The summed E-state index contributed by atoms with van der Waals surface area (Å²) in [5.41, 5.74) is -0.451. The van der Waals surface area contributed by atoms with E-state index in [0.29, 0.717) is 6.04 Å². The molecule has 1 aliphatic rings. The third kappa shape index (κ3) is 4.29. The molecule has 5 heteroatoms. The van der Waals surface area contributed by atoms with Crippen LogP contribution in [0.1, 0.15) is 33.6 Å². The van der Waals surface area contributed by atoms with Crippen molar-refractivity contribution in [3.05, 3.63) is 0 Å². The molecule has 0 spiro atoms. The van der Waals surface area contributed by atoms with Crippen molar-refractivity contribution in [1.82, 2.24) is 15.5 Å². The van der Waals surface area contributed by atoms with Gasteiger partial charge in [0.15, 0.2) is 0 Å². The van der Waals surface area contributed by atoms with Crippen LogP contribution in [-0.2, 0) is 9.59 Å². The number of hydrogen-bond donors (Lipinski definition) is 2. The molecule has 1 aliphatic heterocycles. The average Bonchev–Trinajstić information content (AvgIpc) is 2.34. The molecule has 5 nitrogen and oxygen atoms in total. The Morgan fingerprint density at radius 2 is 1.83 bits per heavy atom. The highest BCUT2D eigenvalue weighted by Crippen LogP contribution is 2.13. The van der Waals surface area contributed by atoms with Crippen LogP contribution in [0.25, 0.3) is 0 Å². The molecule has 0 bridgehead atoms. The number of likely N-dealkylation sites (N-methyl/N-ethyl adjacent to an activating group) is 1. The normalized spacial score (nSPS) is 17.3. The predicted molar refractivity (Wildman–Crippen MR) is 71.1 cm³/mol. The van der Waals surface area contributed by atoms with Crippen LogP contribution in [0.15, 0.2) is 0 Å². The van der Waals surface area contributed by atoms with E-state index in [1.165, 1.54) is 0 Å². The van der Waals surface area contributed by atoms with Gasteiger partial charge < -0.3 is 15.5 Å². The minimum absolute atomic E-state index is 0.0144. The minimum Gasteiger partial charge on any atom is -0.347 e. The Kier molecular flexibility index (Phi) is 5.14. The second kappa shape index (κ2) is 6.18. The maximum atomic E-state index is 12.0. The molecule has 1 rings (SSSR count). The summed E-state index contributed by atoms with van der Waals surface area (Å²) in [6.07, 6.45) is 1.96. The van der Waals surface area contributed by atoms with Gasteiger partial charge in [-0.05, 0) is 25.9 Å². The highest BCUT2D eigenvalue weighted by molar-refractivity contribution is 5.87. The second-order valence-corrected chi connectivity index (χ2v) is 5.92. The van der Waals surface area contributed by atoms with E-state index >= 15 is 0 Å². The summed E-state index contributed by atoms with van der Waals surface area (Å²) < 4.78 is 0. The lowest BCUT2D eigenvalue weighted by molar-refractivity contribution is -0.136. The summed E-state index contributed by atoms with van der Waals surface area (Å²) in [5, 5.41) is 5.97. The molecular weight excluding hydrogens is 230 g/mol. The van der Waals surface area contributed by atoms with Gasteiger partial charge in [0.2, 0.25) is 11.8 Å². The average molecular weight is 255 g/mol. The van der Waals surface area contributed by atoms with Gasteiger partial charge in [0.05, 0.1) is 6.54 Å². The number of rotatable bonds is 3. The Bertz CT molecular complexity index is 304. The molecule has 0 aromatic heterocycles. The van der Waals surface area contributed by atoms with Gasteiger partial charge in [-0.15, -0.1) is 0 Å². The highest BCUT2D eigenvalue weighted by atomic mass is 16.2. The fraction of sp³-hybridized carbons (Fsp3) is 0.846. The number of hydrogen-bond acceptors (Lipinski definition) is 3. The van der Waals surface area contributed by atoms with Gasteiger partial charge in [0, 0.05) is 18.5 Å². The Hall–Kier alpha value is -1.10. The van der Waals surface area contributed by atoms with Gasteiger partial charge >= 0.3 is 0 Å². The number of carbonyl (C=O) groups is 2. The molecule has 1 fully saturated rings. The third-order valence-corrected chi connectivity index (χ3v) is 3.33. The summed E-state index contributed by atoms with van der Waals surface area (Å²) in [4.78, 5) is 25.4. The zero-order chi connectivity index (χ0) is 13.8. The van der Waals surface area contributed by atoms with Gasteiger partial charge in [-0.2, -0.15) is 0 Å². The fourth-order valence-electron chi connectivity index (χ4n) is 1.94. The monoisotopic (exact) mass is 255 g/mol. The first-order valence-corrected chi connectivity index (χ1v) is 6.57. The van der Waals surface area contributed by atoms with Crippen molar-refractivity contribution >= 4 is 11.8 Å². The Morgan fingerprint density at radius 1 is 1.28 bits per heavy atom. The Balaban J connectivity index is 2.38. The molecule has 1 heterocycles. The van der Waals surface area contributed by atoms with Crippen molar-refractivity contribution in [2.45, 2.75) is 39.7 Å². The van der Waals surface area contributed by atoms with Crippen LogP contribution >= 0.6 is 0 Å². The lowest BCUT2D eigenvalue weighted by Gasteiger charge is -2.32. The maximum absolute atomic E-state index is 12.0. The number of nitrogens with zero attached hydrogens (tertiary/aromatic N) is 1. The molecule has 2 N–H and O–H groups in total. The Morgan fingerprint density at radius 3 is 2.33 bits per heavy atom. The number of amides is 2. The lowest BCUT2D eigenvalue weighted by atomic mass is 9.96. The topological polar surface area (TPSA) is 61.4 Å². The van der Waals surface area contributed by atoms with E-state index in [2.05, 4.69) is 10.6 Å². The first-order valence-electron chi connectivity index (χ1n) is 6.57. The van der Waals surface area contributed by atoms with Crippen molar-refractivity contribution in [3.8, 4) is 0 Å². The van der Waals surface area contributed by atoms with E-state index in [-0.39, 0.29) is 18.4 Å². The van der Waals surface area contributed by atoms with E-state index in [4.69, 9.17) is 0 Å². The third-order valence-electron chi connectivity index (χ3n) is 3.33. The SMILES string of the molecule is CN(C(=O)CNC(=O)C(C)(C)C)C1CCNCC1. The molecule has 18 heavy (non-hydrogen) atoms. The summed E-state index contributed by atoms with van der Waals surface area (Å²) in [6, 6.07) is 0.297. The number of nitrogens with one attached hydrogen (secondary N) is 2. The number of carbonyl (C=O) groups excluding carboxylic acids is 2. The quantitative estimate of drug-likeness (QED) is 0.765. The van der Waals surface area contributed by atoms with E-state index in [0.717, 1.165) is 25.9 Å². The molecule has 0 unspecified atom stereocenters. The molecule has 0 atom stereocenters.